The lowest BCUT2D eigenvalue weighted by Gasteiger charge is -1.94. The summed E-state index contributed by atoms with van der Waals surface area (Å²) in [5.41, 5.74) is 5.75. The van der Waals surface area contributed by atoms with Crippen molar-refractivity contribution in [3.05, 3.63) is 34.7 Å². The summed E-state index contributed by atoms with van der Waals surface area (Å²) in [6.45, 7) is 0. The molecule has 2 rings (SSSR count). The molecule has 1 amide bonds. The van der Waals surface area contributed by atoms with Gasteiger partial charge in [-0.2, -0.15) is 0 Å². The van der Waals surface area contributed by atoms with Gasteiger partial charge in [0, 0.05) is 0 Å². The molecule has 0 aliphatic heterocycles. The van der Waals surface area contributed by atoms with E-state index < -0.39 is 5.91 Å². The molecule has 0 atom stereocenters. The van der Waals surface area contributed by atoms with Crippen LogP contribution in [-0.2, 0) is 4.79 Å². The maximum absolute atomic E-state index is 10.9. The van der Waals surface area contributed by atoms with Crippen LogP contribution in [0.2, 0.25) is 0 Å². The lowest BCUT2D eigenvalue weighted by atomic mass is 10.3. The Hall–Kier alpha value is -1.97. The first kappa shape index (κ1) is 9.58. The van der Waals surface area contributed by atoms with E-state index in [0.29, 0.717) is 5.01 Å². The third kappa shape index (κ3) is 1.66. The molecule has 5 heteroatoms. The normalized spacial score (nSPS) is 9.87. The number of nitrogens with two attached hydrogens (primary N) is 1. The minimum Gasteiger partial charge on any atom is -0.763 e. The van der Waals surface area contributed by atoms with Crippen molar-refractivity contribution in [2.24, 2.45) is 5.73 Å². The van der Waals surface area contributed by atoms with E-state index >= 15 is 0 Å². The molecule has 74 valence electrons. The molecule has 15 heavy (non-hydrogen) atoms. The Morgan fingerprint density at radius 1 is 1.47 bits per heavy atom. The van der Waals surface area contributed by atoms with Crippen LogP contribution >= 0.6 is 11.3 Å². The Morgan fingerprint density at radius 3 is 2.80 bits per heavy atom. The Labute approximate surface area is 89.6 Å². The van der Waals surface area contributed by atoms with E-state index in [2.05, 4.69) is 4.98 Å². The van der Waals surface area contributed by atoms with Gasteiger partial charge in [0.1, 0.15) is 5.01 Å². The molecule has 0 aliphatic rings. The summed E-state index contributed by atoms with van der Waals surface area (Å²) in [4.78, 5) is 15.1. The van der Waals surface area contributed by atoms with E-state index in [9.17, 15) is 4.79 Å². The number of primary amides is 1. The van der Waals surface area contributed by atoms with Gasteiger partial charge in [0.2, 0.25) is 0 Å². The smallest absolute Gasteiger partial charge is 0.257 e. The number of aromatic nitrogens is 1. The topological polar surface area (TPSA) is 78.3 Å². The van der Waals surface area contributed by atoms with Crippen LogP contribution in [0.25, 0.3) is 21.2 Å². The Bertz CT molecular complexity index is 548. The van der Waals surface area contributed by atoms with Gasteiger partial charge >= 0.3 is 0 Å². The fourth-order valence-electron chi connectivity index (χ4n) is 1.19. The number of amides is 1. The van der Waals surface area contributed by atoms with Gasteiger partial charge in [-0.15, -0.1) is 11.3 Å². The quantitative estimate of drug-likeness (QED) is 0.608. The summed E-state index contributed by atoms with van der Waals surface area (Å²) in [5, 5.41) is 9.13. The number of hydrogen-bond donors (Lipinski definition) is 1. The lowest BCUT2D eigenvalue weighted by molar-refractivity contribution is -0.112. The van der Waals surface area contributed by atoms with E-state index in [1.54, 1.807) is 5.87 Å². The summed E-state index contributed by atoms with van der Waals surface area (Å²) in [6.07, 6.45) is 0. The summed E-state index contributed by atoms with van der Waals surface area (Å²) in [7, 11) is 0. The second-order valence-electron chi connectivity index (χ2n) is 2.84. The summed E-state index contributed by atoms with van der Waals surface area (Å²) in [5.74, 6) is 1.03. The molecule has 0 aliphatic carbocycles. The fraction of sp³-hybridized carbons (Fsp3) is 0. The molecular formula is C10H6N3OS-. The molecule has 0 saturated heterocycles. The fourth-order valence-corrected chi connectivity index (χ4v) is 2.15. The predicted octanol–water partition coefficient (Wildman–Crippen LogP) is 1.40. The summed E-state index contributed by atoms with van der Waals surface area (Å²) in [6, 6.07) is 7.43. The van der Waals surface area contributed by atoms with Crippen LogP contribution in [0.3, 0.4) is 0 Å². The van der Waals surface area contributed by atoms with Crippen molar-refractivity contribution in [3.63, 3.8) is 0 Å². The first-order valence-electron chi connectivity index (χ1n) is 4.15. The van der Waals surface area contributed by atoms with Crippen LogP contribution in [0.4, 0.5) is 0 Å². The minimum absolute atomic E-state index is 0.0869. The third-order valence-electron chi connectivity index (χ3n) is 1.87. The molecule has 0 bridgehead atoms. The van der Waals surface area contributed by atoms with Crippen LogP contribution in [0.5, 0.6) is 0 Å². The number of hydrogen-bond acceptors (Lipinski definition) is 3. The Kier molecular flexibility index (Phi) is 2.33. The highest BCUT2D eigenvalue weighted by Gasteiger charge is 2.11. The first-order valence-corrected chi connectivity index (χ1v) is 4.97. The molecule has 0 fully saturated rings. The number of fused-ring (bicyclic) bond motifs is 1. The molecule has 0 radical (unpaired) electrons. The van der Waals surface area contributed by atoms with E-state index in [0.717, 1.165) is 10.2 Å². The average molecular weight is 216 g/mol. The van der Waals surface area contributed by atoms with Crippen molar-refractivity contribution in [2.45, 2.75) is 0 Å². The second kappa shape index (κ2) is 3.65. The van der Waals surface area contributed by atoms with Gasteiger partial charge in [-0.3, -0.25) is 10.7 Å². The van der Waals surface area contributed by atoms with Gasteiger partial charge < -0.3 is 11.1 Å². The van der Waals surface area contributed by atoms with Crippen LogP contribution in [0, 0.1) is 0 Å². The minimum atomic E-state index is -0.739. The molecule has 0 unspecified atom stereocenters. The number of para-hydroxylation sites is 1. The molecule has 2 N–H and O–H groups in total. The predicted molar refractivity (Wildman–Crippen MR) is 60.6 cm³/mol. The highest BCUT2D eigenvalue weighted by atomic mass is 32.1. The number of rotatable bonds is 2. The maximum Gasteiger partial charge on any atom is 0.257 e. The van der Waals surface area contributed by atoms with Crippen molar-refractivity contribution in [3.8, 4) is 0 Å². The van der Waals surface area contributed by atoms with Crippen molar-refractivity contribution < 1.29 is 4.79 Å². The van der Waals surface area contributed by atoms with Gasteiger partial charge in [0.15, 0.2) is 0 Å². The van der Waals surface area contributed by atoms with Crippen LogP contribution in [0.15, 0.2) is 24.3 Å². The van der Waals surface area contributed by atoms with Crippen LogP contribution < -0.4 is 5.73 Å². The first-order chi connectivity index (χ1) is 7.22. The van der Waals surface area contributed by atoms with Crippen molar-refractivity contribution in [1.82, 2.24) is 4.98 Å². The molecule has 0 spiro atoms. The molecule has 4 nitrogen and oxygen atoms in total. The molecular weight excluding hydrogens is 210 g/mol. The lowest BCUT2D eigenvalue weighted by Crippen LogP contribution is -2.12. The third-order valence-corrected chi connectivity index (χ3v) is 2.92. The van der Waals surface area contributed by atoms with E-state index in [-0.39, 0.29) is 5.57 Å². The average Bonchev–Trinajstić information content (AvgIpc) is 2.61. The van der Waals surface area contributed by atoms with Gasteiger partial charge in [-0.25, -0.2) is 4.98 Å². The largest absolute Gasteiger partial charge is 0.763 e. The zero-order valence-electron chi connectivity index (χ0n) is 7.60. The second-order valence-corrected chi connectivity index (χ2v) is 3.87. The number of carbonyl (C=O) groups is 1. The van der Waals surface area contributed by atoms with Gasteiger partial charge in [-0.1, -0.05) is 12.1 Å². The molecule has 0 saturated carbocycles. The van der Waals surface area contributed by atoms with E-state index in [1.807, 2.05) is 24.3 Å². The molecule has 1 aromatic heterocycles. The van der Waals surface area contributed by atoms with Gasteiger partial charge in [-0.05, 0) is 12.1 Å². The van der Waals surface area contributed by atoms with Gasteiger partial charge in [0.25, 0.3) is 5.91 Å². The molecule has 2 aromatic rings. The maximum atomic E-state index is 10.9. The molecule has 1 aromatic carbocycles. The SMILES string of the molecule is [N-]=C=C(C(N)=O)c1nc2ccccc2s1. The summed E-state index contributed by atoms with van der Waals surface area (Å²) >= 11 is 1.29. The Morgan fingerprint density at radius 2 is 2.20 bits per heavy atom. The zero-order valence-corrected chi connectivity index (χ0v) is 8.41. The van der Waals surface area contributed by atoms with Crippen LogP contribution in [-0.4, -0.2) is 16.8 Å². The van der Waals surface area contributed by atoms with E-state index in [4.69, 9.17) is 11.1 Å². The number of carbonyl (C=O) groups excluding carboxylic acids is 1. The number of nitrogens with zero attached hydrogens (tertiary/aromatic N) is 2. The summed E-state index contributed by atoms with van der Waals surface area (Å²) < 4.78 is 0.932. The van der Waals surface area contributed by atoms with Gasteiger partial charge in [0.05, 0.1) is 15.8 Å². The van der Waals surface area contributed by atoms with Crippen molar-refractivity contribution >= 4 is 38.9 Å². The number of benzene rings is 1. The Balaban J connectivity index is 2.63. The highest BCUT2D eigenvalue weighted by molar-refractivity contribution is 7.20. The standard InChI is InChI=1S/C10H6N3OS/c11-5-6(9(12)14)10-13-7-3-1-2-4-8(7)15-10/h1-4H,(H2,12,14)/q-1. The van der Waals surface area contributed by atoms with Crippen LogP contribution in [0.1, 0.15) is 5.01 Å². The van der Waals surface area contributed by atoms with Crippen molar-refractivity contribution in [1.29, 1.82) is 0 Å². The van der Waals surface area contributed by atoms with Crippen molar-refractivity contribution in [2.75, 3.05) is 0 Å². The molecule has 1 heterocycles. The monoisotopic (exact) mass is 216 g/mol. The zero-order chi connectivity index (χ0) is 10.8. The highest BCUT2D eigenvalue weighted by Crippen LogP contribution is 2.25. The van der Waals surface area contributed by atoms with E-state index in [1.165, 1.54) is 11.3 Å². The number of thiazole rings is 1.